The third-order valence-electron chi connectivity index (χ3n) is 5.39. The summed E-state index contributed by atoms with van der Waals surface area (Å²) in [6, 6.07) is 16.0. The number of carbonyl (C=O) groups excluding carboxylic acids is 2. The average Bonchev–Trinajstić information content (AvgIpc) is 3.27. The Morgan fingerprint density at radius 3 is 2.53 bits per heavy atom. The van der Waals surface area contributed by atoms with Crippen molar-refractivity contribution in [3.05, 3.63) is 81.9 Å². The zero-order valence-corrected chi connectivity index (χ0v) is 20.3. The van der Waals surface area contributed by atoms with Crippen molar-refractivity contribution in [1.29, 1.82) is 0 Å². The molecule has 0 fully saturated rings. The number of fused-ring (bicyclic) bond motifs is 1. The monoisotopic (exact) mass is 494 g/mol. The van der Waals surface area contributed by atoms with Gasteiger partial charge in [0.15, 0.2) is 0 Å². The van der Waals surface area contributed by atoms with E-state index in [4.69, 9.17) is 11.6 Å². The molecule has 2 aromatic heterocycles. The lowest BCUT2D eigenvalue weighted by Crippen LogP contribution is -2.30. The third kappa shape index (κ3) is 5.03. The molecule has 34 heavy (non-hydrogen) atoms. The summed E-state index contributed by atoms with van der Waals surface area (Å²) in [6.45, 7) is 4.85. The van der Waals surface area contributed by atoms with Crippen molar-refractivity contribution >= 4 is 50.7 Å². The first kappa shape index (κ1) is 23.7. The number of amides is 2. The fourth-order valence-corrected chi connectivity index (χ4v) is 4.78. The summed E-state index contributed by atoms with van der Waals surface area (Å²) in [5.74, 6) is -0.480. The number of thiophene rings is 1. The molecule has 0 aliphatic heterocycles. The van der Waals surface area contributed by atoms with E-state index in [1.165, 1.54) is 22.2 Å². The van der Waals surface area contributed by atoms with Crippen LogP contribution in [0.2, 0.25) is 5.02 Å². The molecule has 0 saturated heterocycles. The van der Waals surface area contributed by atoms with E-state index in [0.29, 0.717) is 39.6 Å². The highest BCUT2D eigenvalue weighted by Gasteiger charge is 2.15. The lowest BCUT2D eigenvalue weighted by atomic mass is 10.1. The van der Waals surface area contributed by atoms with Crippen LogP contribution in [0.15, 0.2) is 65.7 Å². The second-order valence-corrected chi connectivity index (χ2v) is 9.10. The van der Waals surface area contributed by atoms with Crippen LogP contribution in [-0.4, -0.2) is 39.4 Å². The van der Waals surface area contributed by atoms with Crippen LogP contribution in [0.4, 0.5) is 5.69 Å². The van der Waals surface area contributed by atoms with Crippen molar-refractivity contribution in [3.8, 4) is 10.4 Å². The maximum Gasteiger partial charge on any atom is 0.271 e. The molecular weight excluding hydrogens is 472 g/mol. The second kappa shape index (κ2) is 10.2. The van der Waals surface area contributed by atoms with Gasteiger partial charge in [0.25, 0.3) is 11.5 Å². The zero-order valence-electron chi connectivity index (χ0n) is 18.7. The molecule has 0 spiro atoms. The molecule has 0 radical (unpaired) electrons. The molecule has 9 heteroatoms. The van der Waals surface area contributed by atoms with Crippen molar-refractivity contribution in [2.75, 3.05) is 18.4 Å². The van der Waals surface area contributed by atoms with E-state index in [1.807, 2.05) is 32.0 Å². The Balaban J connectivity index is 1.52. The Morgan fingerprint density at radius 1 is 1.09 bits per heavy atom. The predicted octanol–water partition coefficient (Wildman–Crippen LogP) is 4.90. The van der Waals surface area contributed by atoms with Crippen LogP contribution in [-0.2, 0) is 11.3 Å². The van der Waals surface area contributed by atoms with Gasteiger partial charge in [-0.25, -0.2) is 4.98 Å². The highest BCUT2D eigenvalue weighted by molar-refractivity contribution is 7.22. The Kier molecular flexibility index (Phi) is 7.09. The Morgan fingerprint density at radius 2 is 1.82 bits per heavy atom. The topological polar surface area (TPSA) is 84.3 Å². The summed E-state index contributed by atoms with van der Waals surface area (Å²) in [7, 11) is 0. The van der Waals surface area contributed by atoms with Gasteiger partial charge in [-0.15, -0.1) is 11.3 Å². The van der Waals surface area contributed by atoms with Crippen molar-refractivity contribution < 1.29 is 9.59 Å². The molecule has 0 aliphatic carbocycles. The molecule has 4 rings (SSSR count). The minimum Gasteiger partial charge on any atom is -0.339 e. The van der Waals surface area contributed by atoms with Gasteiger partial charge in [-0.1, -0.05) is 29.8 Å². The molecule has 0 bridgehead atoms. The molecule has 1 N–H and O–H groups in total. The summed E-state index contributed by atoms with van der Waals surface area (Å²) < 4.78 is 1.76. The summed E-state index contributed by atoms with van der Waals surface area (Å²) >= 11 is 7.29. The number of nitrogens with zero attached hydrogens (tertiary/aromatic N) is 3. The van der Waals surface area contributed by atoms with Gasteiger partial charge in [0, 0.05) is 34.2 Å². The van der Waals surface area contributed by atoms with Crippen LogP contribution in [0.1, 0.15) is 24.2 Å². The third-order valence-corrected chi connectivity index (χ3v) is 6.80. The Labute approximate surface area is 205 Å². The van der Waals surface area contributed by atoms with Crippen molar-refractivity contribution in [1.82, 2.24) is 14.5 Å². The van der Waals surface area contributed by atoms with Gasteiger partial charge < -0.3 is 10.2 Å². The van der Waals surface area contributed by atoms with Gasteiger partial charge in [-0.05, 0) is 55.8 Å². The van der Waals surface area contributed by atoms with E-state index < -0.39 is 0 Å². The van der Waals surface area contributed by atoms with E-state index in [0.717, 1.165) is 10.4 Å². The Hall–Kier alpha value is -3.49. The molecule has 4 aromatic rings. The van der Waals surface area contributed by atoms with Gasteiger partial charge in [0.2, 0.25) is 5.91 Å². The fraction of sp³-hybridized carbons (Fsp3) is 0.200. The van der Waals surface area contributed by atoms with Crippen LogP contribution in [0, 0.1) is 0 Å². The molecule has 2 heterocycles. The summed E-state index contributed by atoms with van der Waals surface area (Å²) in [5.41, 5.74) is 2.23. The molecule has 0 atom stereocenters. The number of carbonyl (C=O) groups is 2. The summed E-state index contributed by atoms with van der Waals surface area (Å²) in [5, 5.41) is 3.40. The van der Waals surface area contributed by atoms with Gasteiger partial charge in [-0.2, -0.15) is 0 Å². The predicted molar refractivity (Wildman–Crippen MR) is 137 cm³/mol. The van der Waals surface area contributed by atoms with Crippen molar-refractivity contribution in [2.45, 2.75) is 20.4 Å². The Bertz CT molecular complexity index is 1410. The van der Waals surface area contributed by atoms with Crippen LogP contribution >= 0.6 is 22.9 Å². The van der Waals surface area contributed by atoms with Crippen LogP contribution in [0.5, 0.6) is 0 Å². The SMILES string of the molecule is CCN(CC)C(=O)c1cccc(NC(=O)Cn2cnc3cc(-c4ccc(Cl)cc4)sc3c2=O)c1. The highest BCUT2D eigenvalue weighted by Crippen LogP contribution is 2.31. The number of benzene rings is 2. The minimum absolute atomic E-state index is 0.0962. The minimum atomic E-state index is -0.384. The molecule has 174 valence electrons. The van der Waals surface area contributed by atoms with E-state index in [9.17, 15) is 14.4 Å². The lowest BCUT2D eigenvalue weighted by Gasteiger charge is -2.19. The standard InChI is InChI=1S/C25H23ClN4O3S/c1-3-29(4-2)24(32)17-6-5-7-19(12-17)28-22(31)14-30-15-27-20-13-21(34-23(20)25(30)33)16-8-10-18(26)11-9-16/h5-13,15H,3-4,14H2,1-2H3,(H,28,31). The maximum atomic E-state index is 13.0. The van der Waals surface area contributed by atoms with E-state index >= 15 is 0 Å². The number of hydrogen-bond acceptors (Lipinski definition) is 5. The van der Waals surface area contributed by atoms with Gasteiger partial charge in [0.05, 0.1) is 11.8 Å². The van der Waals surface area contributed by atoms with E-state index in [-0.39, 0.29) is 23.9 Å². The summed E-state index contributed by atoms with van der Waals surface area (Å²) in [6.07, 6.45) is 1.38. The first-order chi connectivity index (χ1) is 16.4. The fourth-order valence-electron chi connectivity index (χ4n) is 3.59. The van der Waals surface area contributed by atoms with E-state index in [1.54, 1.807) is 41.3 Å². The quantitative estimate of drug-likeness (QED) is 0.396. The molecule has 2 aromatic carbocycles. The second-order valence-electron chi connectivity index (χ2n) is 7.62. The maximum absolute atomic E-state index is 13.0. The number of aromatic nitrogens is 2. The highest BCUT2D eigenvalue weighted by atomic mass is 35.5. The molecule has 0 unspecified atom stereocenters. The van der Waals surface area contributed by atoms with Crippen LogP contribution in [0.3, 0.4) is 0 Å². The van der Waals surface area contributed by atoms with Gasteiger partial charge in [0.1, 0.15) is 11.2 Å². The average molecular weight is 495 g/mol. The number of anilines is 1. The van der Waals surface area contributed by atoms with Crippen molar-refractivity contribution in [3.63, 3.8) is 0 Å². The number of halogens is 1. The summed E-state index contributed by atoms with van der Waals surface area (Å²) in [4.78, 5) is 45.2. The van der Waals surface area contributed by atoms with Gasteiger partial charge in [-0.3, -0.25) is 19.0 Å². The number of rotatable bonds is 7. The normalized spacial score (nSPS) is 10.9. The van der Waals surface area contributed by atoms with Crippen molar-refractivity contribution in [2.24, 2.45) is 0 Å². The first-order valence-corrected chi connectivity index (χ1v) is 12.0. The molecule has 7 nitrogen and oxygen atoms in total. The smallest absolute Gasteiger partial charge is 0.271 e. The van der Waals surface area contributed by atoms with Gasteiger partial charge >= 0.3 is 0 Å². The first-order valence-electron chi connectivity index (χ1n) is 10.8. The van der Waals surface area contributed by atoms with Crippen LogP contribution < -0.4 is 10.9 Å². The lowest BCUT2D eigenvalue weighted by molar-refractivity contribution is -0.116. The van der Waals surface area contributed by atoms with E-state index in [2.05, 4.69) is 10.3 Å². The van der Waals surface area contributed by atoms with Crippen LogP contribution in [0.25, 0.3) is 20.7 Å². The molecule has 2 amide bonds. The number of nitrogens with one attached hydrogen (secondary N) is 1. The molecule has 0 saturated carbocycles. The largest absolute Gasteiger partial charge is 0.339 e. The molecule has 0 aliphatic rings. The zero-order chi connectivity index (χ0) is 24.2. The molecular formula is C25H23ClN4O3S. The number of hydrogen-bond donors (Lipinski definition) is 1.